The Morgan fingerprint density at radius 1 is 1.45 bits per heavy atom. The summed E-state index contributed by atoms with van der Waals surface area (Å²) in [7, 11) is -2.00. The average molecular weight is 304 g/mol. The lowest BCUT2D eigenvalue weighted by Gasteiger charge is -2.22. The highest BCUT2D eigenvalue weighted by atomic mass is 32.2. The molecule has 0 aliphatic heterocycles. The summed E-state index contributed by atoms with van der Waals surface area (Å²) in [5.41, 5.74) is -0.548. The van der Waals surface area contributed by atoms with Crippen LogP contribution in [0.15, 0.2) is 17.3 Å². The number of aromatic nitrogens is 2. The van der Waals surface area contributed by atoms with Crippen LogP contribution in [0.25, 0.3) is 0 Å². The van der Waals surface area contributed by atoms with Crippen LogP contribution in [-0.2, 0) is 21.3 Å². The molecule has 0 spiro atoms. The van der Waals surface area contributed by atoms with Gasteiger partial charge in [-0.25, -0.2) is 13.1 Å². The minimum absolute atomic E-state index is 0.168. The molecule has 7 nitrogen and oxygen atoms in total. The van der Waals surface area contributed by atoms with Gasteiger partial charge in [0.1, 0.15) is 4.90 Å². The van der Waals surface area contributed by atoms with Crippen molar-refractivity contribution in [1.82, 2.24) is 19.8 Å². The minimum atomic E-state index is -3.55. The summed E-state index contributed by atoms with van der Waals surface area (Å²) >= 11 is 0. The SMILES string of the molecule is CCNCCn1cc(S(=O)(=O)NCC(C)(C)OC)cn1. The largest absolute Gasteiger partial charge is 0.377 e. The van der Waals surface area contributed by atoms with E-state index in [1.54, 1.807) is 11.8 Å². The highest BCUT2D eigenvalue weighted by Gasteiger charge is 2.22. The number of sulfonamides is 1. The standard InChI is InChI=1S/C12H24N4O3S/c1-5-13-6-7-16-9-11(8-14-16)20(17,18)15-10-12(2,3)19-4/h8-9,13,15H,5-7,10H2,1-4H3. The van der Waals surface area contributed by atoms with Gasteiger partial charge in [0.25, 0.3) is 0 Å². The molecule has 0 radical (unpaired) electrons. The van der Waals surface area contributed by atoms with E-state index < -0.39 is 15.6 Å². The second-order valence-corrected chi connectivity index (χ2v) is 6.85. The smallest absolute Gasteiger partial charge is 0.243 e. The van der Waals surface area contributed by atoms with Crippen molar-refractivity contribution in [1.29, 1.82) is 0 Å². The molecule has 1 aromatic heterocycles. The summed E-state index contributed by atoms with van der Waals surface area (Å²) in [6, 6.07) is 0. The Hall–Kier alpha value is -0.960. The van der Waals surface area contributed by atoms with E-state index in [0.29, 0.717) is 6.54 Å². The molecule has 0 aromatic carbocycles. The van der Waals surface area contributed by atoms with Gasteiger partial charge >= 0.3 is 0 Å². The lowest BCUT2D eigenvalue weighted by atomic mass is 10.1. The molecule has 2 N–H and O–H groups in total. The Kier molecular flexibility index (Phi) is 6.12. The fourth-order valence-corrected chi connectivity index (χ4v) is 2.55. The Morgan fingerprint density at radius 3 is 2.75 bits per heavy atom. The van der Waals surface area contributed by atoms with E-state index in [-0.39, 0.29) is 11.4 Å². The number of nitrogens with zero attached hydrogens (tertiary/aromatic N) is 2. The molecule has 0 unspecified atom stereocenters. The summed E-state index contributed by atoms with van der Waals surface area (Å²) in [5, 5.41) is 7.20. The molecule has 0 saturated carbocycles. The zero-order valence-corrected chi connectivity index (χ0v) is 13.3. The van der Waals surface area contributed by atoms with Gasteiger partial charge in [0.05, 0.1) is 18.3 Å². The Morgan fingerprint density at radius 2 is 2.15 bits per heavy atom. The maximum Gasteiger partial charge on any atom is 0.243 e. The Labute approximate surface area is 120 Å². The third-order valence-corrected chi connectivity index (χ3v) is 4.28. The van der Waals surface area contributed by atoms with E-state index >= 15 is 0 Å². The molecule has 1 rings (SSSR count). The van der Waals surface area contributed by atoms with Crippen LogP contribution in [0.1, 0.15) is 20.8 Å². The lowest BCUT2D eigenvalue weighted by Crippen LogP contribution is -2.39. The number of methoxy groups -OCH3 is 1. The van der Waals surface area contributed by atoms with Crippen LogP contribution >= 0.6 is 0 Å². The second-order valence-electron chi connectivity index (χ2n) is 5.08. The van der Waals surface area contributed by atoms with Crippen molar-refractivity contribution in [2.45, 2.75) is 37.8 Å². The minimum Gasteiger partial charge on any atom is -0.377 e. The monoisotopic (exact) mass is 304 g/mol. The van der Waals surface area contributed by atoms with Crippen LogP contribution in [0.2, 0.25) is 0 Å². The molecule has 8 heteroatoms. The molecular formula is C12H24N4O3S. The maximum atomic E-state index is 12.1. The Balaban J connectivity index is 2.64. The van der Waals surface area contributed by atoms with Gasteiger partial charge in [0.15, 0.2) is 0 Å². The number of likely N-dealkylation sites (N-methyl/N-ethyl adjacent to an activating group) is 1. The first-order valence-electron chi connectivity index (χ1n) is 6.59. The van der Waals surface area contributed by atoms with Gasteiger partial charge in [-0.15, -0.1) is 0 Å². The molecule has 20 heavy (non-hydrogen) atoms. The molecule has 0 atom stereocenters. The molecule has 116 valence electrons. The van der Waals surface area contributed by atoms with E-state index in [9.17, 15) is 8.42 Å². The summed E-state index contributed by atoms with van der Waals surface area (Å²) in [4.78, 5) is 0.168. The first-order valence-corrected chi connectivity index (χ1v) is 8.07. The van der Waals surface area contributed by atoms with Gasteiger partial charge < -0.3 is 10.1 Å². The number of ether oxygens (including phenoxy) is 1. The summed E-state index contributed by atoms with van der Waals surface area (Å²) in [6.07, 6.45) is 2.88. The third-order valence-electron chi connectivity index (χ3n) is 2.93. The highest BCUT2D eigenvalue weighted by Crippen LogP contribution is 2.10. The molecule has 1 aromatic rings. The quantitative estimate of drug-likeness (QED) is 0.636. The first kappa shape index (κ1) is 17.1. The lowest BCUT2D eigenvalue weighted by molar-refractivity contribution is 0.0276. The van der Waals surface area contributed by atoms with Gasteiger partial charge in [0, 0.05) is 26.4 Å². The molecule has 0 amide bonds. The third kappa shape index (κ3) is 5.20. The zero-order chi connectivity index (χ0) is 15.2. The topological polar surface area (TPSA) is 85.2 Å². The van der Waals surface area contributed by atoms with E-state index in [4.69, 9.17) is 4.74 Å². The molecular weight excluding hydrogens is 280 g/mol. The van der Waals surface area contributed by atoms with E-state index in [1.807, 2.05) is 20.8 Å². The summed E-state index contributed by atoms with van der Waals surface area (Å²) in [6.45, 7) is 8.11. The van der Waals surface area contributed by atoms with Crippen molar-refractivity contribution < 1.29 is 13.2 Å². The van der Waals surface area contributed by atoms with Gasteiger partial charge in [0.2, 0.25) is 10.0 Å². The van der Waals surface area contributed by atoms with Crippen molar-refractivity contribution in [3.63, 3.8) is 0 Å². The van der Waals surface area contributed by atoms with Gasteiger partial charge in [-0.1, -0.05) is 6.92 Å². The number of nitrogens with one attached hydrogen (secondary N) is 2. The highest BCUT2D eigenvalue weighted by molar-refractivity contribution is 7.89. The predicted molar refractivity (Wildman–Crippen MR) is 77.0 cm³/mol. The zero-order valence-electron chi connectivity index (χ0n) is 12.5. The number of rotatable bonds is 9. The predicted octanol–water partition coefficient (Wildman–Crippen LogP) is 0.196. The van der Waals surface area contributed by atoms with Crippen molar-refractivity contribution in [2.75, 3.05) is 26.7 Å². The van der Waals surface area contributed by atoms with Crippen LogP contribution in [0, 0.1) is 0 Å². The van der Waals surface area contributed by atoms with Crippen molar-refractivity contribution in [3.05, 3.63) is 12.4 Å². The van der Waals surface area contributed by atoms with Crippen LogP contribution in [-0.4, -0.2) is 50.5 Å². The molecule has 0 aliphatic carbocycles. The van der Waals surface area contributed by atoms with Crippen molar-refractivity contribution in [3.8, 4) is 0 Å². The fourth-order valence-electron chi connectivity index (χ4n) is 1.40. The average Bonchev–Trinajstić information content (AvgIpc) is 2.87. The Bertz CT molecular complexity index is 511. The van der Waals surface area contributed by atoms with Crippen LogP contribution < -0.4 is 10.0 Å². The molecule has 0 fully saturated rings. The second kappa shape index (κ2) is 7.16. The van der Waals surface area contributed by atoms with E-state index in [2.05, 4.69) is 15.1 Å². The summed E-state index contributed by atoms with van der Waals surface area (Å²) < 4.78 is 33.5. The van der Waals surface area contributed by atoms with Gasteiger partial charge in [-0.2, -0.15) is 5.10 Å². The van der Waals surface area contributed by atoms with Gasteiger partial charge in [-0.05, 0) is 20.4 Å². The number of hydrogen-bond acceptors (Lipinski definition) is 5. The number of hydrogen-bond donors (Lipinski definition) is 2. The van der Waals surface area contributed by atoms with E-state index in [0.717, 1.165) is 13.1 Å². The van der Waals surface area contributed by atoms with Crippen molar-refractivity contribution >= 4 is 10.0 Å². The van der Waals surface area contributed by atoms with Crippen LogP contribution in [0.5, 0.6) is 0 Å². The summed E-state index contributed by atoms with van der Waals surface area (Å²) in [5.74, 6) is 0. The van der Waals surface area contributed by atoms with Crippen LogP contribution in [0.4, 0.5) is 0 Å². The normalized spacial score (nSPS) is 12.8. The molecule has 0 bridgehead atoms. The van der Waals surface area contributed by atoms with Crippen LogP contribution in [0.3, 0.4) is 0 Å². The van der Waals surface area contributed by atoms with E-state index in [1.165, 1.54) is 12.4 Å². The van der Waals surface area contributed by atoms with Crippen molar-refractivity contribution in [2.24, 2.45) is 0 Å². The molecule has 1 heterocycles. The molecule has 0 aliphatic rings. The molecule has 0 saturated heterocycles. The first-order chi connectivity index (χ1) is 9.30. The maximum absolute atomic E-state index is 12.1. The van der Waals surface area contributed by atoms with Gasteiger partial charge in [-0.3, -0.25) is 4.68 Å². The fraction of sp³-hybridized carbons (Fsp3) is 0.750.